The van der Waals surface area contributed by atoms with E-state index in [1.807, 2.05) is 16.5 Å². The minimum Gasteiger partial charge on any atom is -0.395 e. The van der Waals surface area contributed by atoms with Gasteiger partial charge in [0.25, 0.3) is 0 Å². The minimum absolute atomic E-state index is 0.0198. The Bertz CT molecular complexity index is 478. The number of hydrogen-bond donors (Lipinski definition) is 1. The van der Waals surface area contributed by atoms with Gasteiger partial charge in [0, 0.05) is 30.4 Å². The molecule has 1 aliphatic heterocycles. The highest BCUT2D eigenvalue weighted by molar-refractivity contribution is 5.25. The molecule has 4 nitrogen and oxygen atoms in total. The van der Waals surface area contributed by atoms with E-state index in [0.717, 1.165) is 17.0 Å². The number of nitrogens with zero attached hydrogens (tertiary/aromatic N) is 3. The van der Waals surface area contributed by atoms with Gasteiger partial charge >= 0.3 is 0 Å². The van der Waals surface area contributed by atoms with Crippen molar-refractivity contribution in [2.24, 2.45) is 0 Å². The third-order valence-corrected chi connectivity index (χ3v) is 4.13. The van der Waals surface area contributed by atoms with E-state index < -0.39 is 6.17 Å². The lowest BCUT2D eigenvalue weighted by Gasteiger charge is -2.24. The first kappa shape index (κ1) is 15.4. The fraction of sp³-hybridized carbons (Fsp3) is 0.800. The van der Waals surface area contributed by atoms with Crippen LogP contribution in [0.3, 0.4) is 0 Å². The molecule has 1 aromatic heterocycles. The quantitative estimate of drug-likeness (QED) is 0.924. The van der Waals surface area contributed by atoms with Crippen LogP contribution in [0, 0.1) is 13.8 Å². The maximum Gasteiger partial charge on any atom is 0.114 e. The van der Waals surface area contributed by atoms with Crippen LogP contribution < -0.4 is 0 Å². The van der Waals surface area contributed by atoms with Gasteiger partial charge in [-0.2, -0.15) is 5.10 Å². The molecule has 1 fully saturated rings. The van der Waals surface area contributed by atoms with E-state index in [4.69, 9.17) is 0 Å². The van der Waals surface area contributed by atoms with Crippen molar-refractivity contribution in [3.63, 3.8) is 0 Å². The van der Waals surface area contributed by atoms with Crippen molar-refractivity contribution in [2.45, 2.75) is 65.3 Å². The summed E-state index contributed by atoms with van der Waals surface area (Å²) in [5.41, 5.74) is 3.23. The summed E-state index contributed by atoms with van der Waals surface area (Å²) >= 11 is 0. The second-order valence-corrected chi connectivity index (χ2v) is 6.83. The number of likely N-dealkylation sites (tertiary alicyclic amines) is 1. The monoisotopic (exact) mass is 283 g/mol. The largest absolute Gasteiger partial charge is 0.395 e. The third kappa shape index (κ3) is 2.88. The number of aromatic nitrogens is 2. The summed E-state index contributed by atoms with van der Waals surface area (Å²) in [5.74, 6) is 0. The predicted octanol–water partition coefficient (Wildman–Crippen LogP) is 2.16. The van der Waals surface area contributed by atoms with Gasteiger partial charge < -0.3 is 5.11 Å². The number of alkyl halides is 1. The third-order valence-electron chi connectivity index (χ3n) is 4.13. The molecule has 0 saturated carbocycles. The zero-order chi connectivity index (χ0) is 15.1. The fourth-order valence-corrected chi connectivity index (χ4v) is 3.07. The molecule has 2 heterocycles. The van der Waals surface area contributed by atoms with Gasteiger partial charge in [-0.05, 0) is 41.0 Å². The Balaban J connectivity index is 2.24. The first-order chi connectivity index (χ1) is 9.24. The van der Waals surface area contributed by atoms with Crippen LogP contribution in [0.2, 0.25) is 0 Å². The van der Waals surface area contributed by atoms with Gasteiger partial charge in [-0.25, -0.2) is 4.39 Å². The highest BCUT2D eigenvalue weighted by Crippen LogP contribution is 2.27. The molecular weight excluding hydrogens is 257 g/mol. The molecule has 1 N–H and O–H groups in total. The van der Waals surface area contributed by atoms with E-state index in [2.05, 4.69) is 32.8 Å². The SMILES string of the molecule is Cc1nn(C(C)(C)C)c(C)c1CN1C[C@@H](F)C[C@H]1CO. The van der Waals surface area contributed by atoms with Gasteiger partial charge in [0.1, 0.15) is 6.17 Å². The average molecular weight is 283 g/mol. The van der Waals surface area contributed by atoms with Crippen LogP contribution in [-0.2, 0) is 12.1 Å². The maximum absolute atomic E-state index is 13.5. The van der Waals surface area contributed by atoms with Crippen LogP contribution >= 0.6 is 0 Å². The number of halogens is 1. The molecule has 2 atom stereocenters. The molecule has 0 amide bonds. The topological polar surface area (TPSA) is 41.3 Å². The standard InChI is InChI=1S/C15H26FN3O/c1-10-14(11(2)19(17-10)15(3,4)5)8-18-7-12(16)6-13(18)9-20/h12-13,20H,6-9H2,1-5H3/t12-,13-/m0/s1. The molecule has 0 spiro atoms. The summed E-state index contributed by atoms with van der Waals surface area (Å²) in [5, 5.41) is 14.0. The first-order valence-corrected chi connectivity index (χ1v) is 7.28. The number of rotatable bonds is 3. The molecule has 0 aliphatic carbocycles. The van der Waals surface area contributed by atoms with Gasteiger partial charge in [-0.15, -0.1) is 0 Å². The Morgan fingerprint density at radius 1 is 1.35 bits per heavy atom. The Hall–Kier alpha value is -0.940. The normalized spacial score (nSPS) is 24.6. The van der Waals surface area contributed by atoms with Crippen molar-refractivity contribution in [1.82, 2.24) is 14.7 Å². The Morgan fingerprint density at radius 2 is 2.00 bits per heavy atom. The lowest BCUT2D eigenvalue weighted by Crippen LogP contribution is -2.32. The summed E-state index contributed by atoms with van der Waals surface area (Å²) in [6, 6.07) is -0.0678. The molecular formula is C15H26FN3O. The number of aliphatic hydroxyl groups excluding tert-OH is 1. The Labute approximate surface area is 120 Å². The van der Waals surface area contributed by atoms with Crippen LogP contribution in [0.15, 0.2) is 0 Å². The van der Waals surface area contributed by atoms with Crippen LogP contribution in [-0.4, -0.2) is 45.2 Å². The van der Waals surface area contributed by atoms with E-state index in [-0.39, 0.29) is 18.2 Å². The molecule has 20 heavy (non-hydrogen) atoms. The molecule has 0 bridgehead atoms. The van der Waals surface area contributed by atoms with Gasteiger partial charge in [0.15, 0.2) is 0 Å². The molecule has 2 rings (SSSR count). The summed E-state index contributed by atoms with van der Waals surface area (Å²) in [6.45, 7) is 11.5. The van der Waals surface area contributed by atoms with Crippen molar-refractivity contribution in [3.8, 4) is 0 Å². The van der Waals surface area contributed by atoms with Crippen molar-refractivity contribution < 1.29 is 9.50 Å². The van der Waals surface area contributed by atoms with Crippen LogP contribution in [0.25, 0.3) is 0 Å². The Morgan fingerprint density at radius 3 is 2.50 bits per heavy atom. The summed E-state index contributed by atoms with van der Waals surface area (Å²) in [7, 11) is 0. The van der Waals surface area contributed by atoms with E-state index >= 15 is 0 Å². The smallest absolute Gasteiger partial charge is 0.114 e. The van der Waals surface area contributed by atoms with E-state index in [9.17, 15) is 9.50 Å². The second kappa shape index (κ2) is 5.45. The van der Waals surface area contributed by atoms with Crippen LogP contribution in [0.1, 0.15) is 44.1 Å². The van der Waals surface area contributed by atoms with Crippen molar-refractivity contribution in [2.75, 3.05) is 13.2 Å². The minimum atomic E-state index is -0.828. The number of aryl methyl sites for hydroxylation is 1. The fourth-order valence-electron chi connectivity index (χ4n) is 3.07. The Kier molecular flexibility index (Phi) is 4.21. The van der Waals surface area contributed by atoms with Crippen LogP contribution in [0.5, 0.6) is 0 Å². The highest BCUT2D eigenvalue weighted by atomic mass is 19.1. The van der Waals surface area contributed by atoms with E-state index in [0.29, 0.717) is 19.5 Å². The predicted molar refractivity (Wildman–Crippen MR) is 77.5 cm³/mol. The zero-order valence-corrected chi connectivity index (χ0v) is 13.1. The van der Waals surface area contributed by atoms with Gasteiger partial charge in [-0.1, -0.05) is 0 Å². The molecule has 1 saturated heterocycles. The molecule has 114 valence electrons. The second-order valence-electron chi connectivity index (χ2n) is 6.83. The molecule has 1 aromatic rings. The molecule has 0 aromatic carbocycles. The van der Waals surface area contributed by atoms with E-state index in [1.165, 1.54) is 0 Å². The van der Waals surface area contributed by atoms with Crippen molar-refractivity contribution in [3.05, 3.63) is 17.0 Å². The first-order valence-electron chi connectivity index (χ1n) is 7.28. The van der Waals surface area contributed by atoms with Crippen molar-refractivity contribution in [1.29, 1.82) is 0 Å². The summed E-state index contributed by atoms with van der Waals surface area (Å²) < 4.78 is 15.6. The number of hydrogen-bond acceptors (Lipinski definition) is 3. The molecule has 0 unspecified atom stereocenters. The maximum atomic E-state index is 13.5. The zero-order valence-electron chi connectivity index (χ0n) is 13.1. The van der Waals surface area contributed by atoms with Gasteiger partial charge in [0.05, 0.1) is 17.8 Å². The summed E-state index contributed by atoms with van der Waals surface area (Å²) in [4.78, 5) is 2.04. The van der Waals surface area contributed by atoms with Crippen LogP contribution in [0.4, 0.5) is 4.39 Å². The average Bonchev–Trinajstić information content (AvgIpc) is 2.83. The summed E-state index contributed by atoms with van der Waals surface area (Å²) in [6.07, 6.45) is -0.396. The van der Waals surface area contributed by atoms with Gasteiger partial charge in [0.2, 0.25) is 0 Å². The van der Waals surface area contributed by atoms with Crippen molar-refractivity contribution >= 4 is 0 Å². The highest BCUT2D eigenvalue weighted by Gasteiger charge is 2.33. The molecule has 0 radical (unpaired) electrons. The molecule has 5 heteroatoms. The van der Waals surface area contributed by atoms with E-state index in [1.54, 1.807) is 0 Å². The lowest BCUT2D eigenvalue weighted by atomic mass is 10.1. The lowest BCUT2D eigenvalue weighted by molar-refractivity contribution is 0.152. The number of aliphatic hydroxyl groups is 1. The van der Waals surface area contributed by atoms with Gasteiger partial charge in [-0.3, -0.25) is 9.58 Å². The molecule has 1 aliphatic rings.